The zero-order valence-electron chi connectivity index (χ0n) is 11.5. The summed E-state index contributed by atoms with van der Waals surface area (Å²) in [6.45, 7) is 6.62. The van der Waals surface area contributed by atoms with Gasteiger partial charge in [0.1, 0.15) is 0 Å². The van der Waals surface area contributed by atoms with E-state index in [-0.39, 0.29) is 6.04 Å². The lowest BCUT2D eigenvalue weighted by Gasteiger charge is -2.31. The highest BCUT2D eigenvalue weighted by Crippen LogP contribution is 2.37. The van der Waals surface area contributed by atoms with Crippen molar-refractivity contribution in [1.82, 2.24) is 0 Å². The van der Waals surface area contributed by atoms with E-state index in [0.717, 1.165) is 0 Å². The van der Waals surface area contributed by atoms with Crippen LogP contribution in [0.5, 0.6) is 0 Å². The van der Waals surface area contributed by atoms with E-state index in [0.29, 0.717) is 12.1 Å². The summed E-state index contributed by atoms with van der Waals surface area (Å²) in [7, 11) is 0. The molecule has 1 saturated heterocycles. The molecule has 1 aromatic rings. The van der Waals surface area contributed by atoms with Crippen LogP contribution < -0.4 is 10.6 Å². The van der Waals surface area contributed by atoms with Gasteiger partial charge in [-0.25, -0.2) is 0 Å². The van der Waals surface area contributed by atoms with Crippen molar-refractivity contribution in [2.75, 3.05) is 4.90 Å². The summed E-state index contributed by atoms with van der Waals surface area (Å²) in [5.74, 6) is 0. The molecule has 0 saturated carbocycles. The van der Waals surface area contributed by atoms with E-state index in [2.05, 4.69) is 52.9 Å². The van der Waals surface area contributed by atoms with Gasteiger partial charge in [0.05, 0.1) is 5.69 Å². The molecule has 2 N–H and O–H groups in total. The van der Waals surface area contributed by atoms with Gasteiger partial charge in [-0.15, -0.1) is 0 Å². The van der Waals surface area contributed by atoms with Crippen LogP contribution in [0.1, 0.15) is 51.6 Å². The summed E-state index contributed by atoms with van der Waals surface area (Å²) >= 11 is 3.71. The zero-order valence-corrected chi connectivity index (χ0v) is 13.1. The molecule has 2 nitrogen and oxygen atoms in total. The van der Waals surface area contributed by atoms with Crippen molar-refractivity contribution in [3.8, 4) is 0 Å². The average molecular weight is 311 g/mol. The highest BCUT2D eigenvalue weighted by atomic mass is 79.9. The van der Waals surface area contributed by atoms with Crippen LogP contribution in [0, 0.1) is 0 Å². The van der Waals surface area contributed by atoms with E-state index in [4.69, 9.17) is 5.73 Å². The topological polar surface area (TPSA) is 29.3 Å². The summed E-state index contributed by atoms with van der Waals surface area (Å²) in [5, 5.41) is 0. The Morgan fingerprint density at radius 2 is 2.17 bits per heavy atom. The largest absolute Gasteiger partial charge is 0.365 e. The maximum atomic E-state index is 5.93. The van der Waals surface area contributed by atoms with Gasteiger partial charge < -0.3 is 10.6 Å². The first-order valence-electron chi connectivity index (χ1n) is 6.88. The van der Waals surface area contributed by atoms with Crippen molar-refractivity contribution in [3.05, 3.63) is 28.2 Å². The number of anilines is 1. The molecule has 0 bridgehead atoms. The van der Waals surface area contributed by atoms with Crippen molar-refractivity contribution in [2.24, 2.45) is 5.73 Å². The van der Waals surface area contributed by atoms with E-state index in [9.17, 15) is 0 Å². The van der Waals surface area contributed by atoms with E-state index in [1.54, 1.807) is 0 Å². The second-order valence-electron chi connectivity index (χ2n) is 5.40. The molecule has 3 unspecified atom stereocenters. The first kappa shape index (κ1) is 13.9. The van der Waals surface area contributed by atoms with Crippen LogP contribution in [0.25, 0.3) is 0 Å². The smallest absolute Gasteiger partial charge is 0.0515 e. The number of halogens is 1. The van der Waals surface area contributed by atoms with Crippen molar-refractivity contribution in [3.63, 3.8) is 0 Å². The number of benzene rings is 1. The molecule has 100 valence electrons. The predicted molar refractivity (Wildman–Crippen MR) is 82.0 cm³/mol. The molecule has 0 spiro atoms. The van der Waals surface area contributed by atoms with E-state index in [1.165, 1.54) is 35.0 Å². The number of rotatable bonds is 3. The Labute approximate surface area is 119 Å². The lowest BCUT2D eigenvalue weighted by atomic mass is 10.1. The van der Waals surface area contributed by atoms with Crippen molar-refractivity contribution >= 4 is 21.6 Å². The second kappa shape index (κ2) is 5.62. The number of nitrogens with zero attached hydrogens (tertiary/aromatic N) is 1. The Kier molecular flexibility index (Phi) is 4.33. The molecule has 1 aromatic carbocycles. The van der Waals surface area contributed by atoms with Crippen LogP contribution in [0.3, 0.4) is 0 Å². The maximum Gasteiger partial charge on any atom is 0.0515 e. The standard InChI is InChI=1S/C15H23BrN2/c1-4-13-7-5-10(2)18(13)15-8-6-12(11(3)17)9-14(15)16/h6,8-11,13H,4-5,7,17H2,1-3H3. The first-order chi connectivity index (χ1) is 8.54. The fourth-order valence-corrected chi connectivity index (χ4v) is 3.52. The number of hydrogen-bond acceptors (Lipinski definition) is 2. The molecule has 0 aliphatic carbocycles. The third-order valence-corrected chi connectivity index (χ3v) is 4.67. The predicted octanol–water partition coefficient (Wildman–Crippen LogP) is 4.24. The minimum atomic E-state index is 0.0910. The lowest BCUT2D eigenvalue weighted by molar-refractivity contribution is 0.627. The lowest BCUT2D eigenvalue weighted by Crippen LogP contribution is -2.34. The molecular weight excluding hydrogens is 288 g/mol. The first-order valence-corrected chi connectivity index (χ1v) is 7.67. The normalized spacial score (nSPS) is 25.5. The third-order valence-electron chi connectivity index (χ3n) is 4.03. The van der Waals surface area contributed by atoms with Crippen molar-refractivity contribution in [1.29, 1.82) is 0 Å². The van der Waals surface area contributed by atoms with E-state index >= 15 is 0 Å². The molecule has 0 amide bonds. The van der Waals surface area contributed by atoms with Crippen LogP contribution in [0.4, 0.5) is 5.69 Å². The fraction of sp³-hybridized carbons (Fsp3) is 0.600. The van der Waals surface area contributed by atoms with Gasteiger partial charge in [0.2, 0.25) is 0 Å². The molecule has 1 heterocycles. The molecule has 1 aliphatic rings. The molecule has 18 heavy (non-hydrogen) atoms. The van der Waals surface area contributed by atoms with Crippen molar-refractivity contribution < 1.29 is 0 Å². The SMILES string of the molecule is CCC1CCC(C)N1c1ccc(C(C)N)cc1Br. The summed E-state index contributed by atoms with van der Waals surface area (Å²) in [6, 6.07) is 7.94. The molecule has 2 rings (SSSR count). The van der Waals surface area contributed by atoms with Gasteiger partial charge in [0.25, 0.3) is 0 Å². The van der Waals surface area contributed by atoms with Gasteiger partial charge in [0.15, 0.2) is 0 Å². The molecule has 1 fully saturated rings. The number of nitrogens with two attached hydrogens (primary N) is 1. The van der Waals surface area contributed by atoms with Crippen LogP contribution in [0.15, 0.2) is 22.7 Å². The Balaban J connectivity index is 2.33. The quantitative estimate of drug-likeness (QED) is 0.905. The zero-order chi connectivity index (χ0) is 13.3. The van der Waals surface area contributed by atoms with Gasteiger partial charge in [-0.3, -0.25) is 0 Å². The molecule has 3 heteroatoms. The van der Waals surface area contributed by atoms with Crippen LogP contribution in [-0.2, 0) is 0 Å². The molecule has 1 aliphatic heterocycles. The summed E-state index contributed by atoms with van der Waals surface area (Å²) in [6.07, 6.45) is 3.81. The minimum Gasteiger partial charge on any atom is -0.365 e. The maximum absolute atomic E-state index is 5.93. The molecule has 0 aromatic heterocycles. The average Bonchev–Trinajstić information content (AvgIpc) is 2.70. The monoisotopic (exact) mass is 310 g/mol. The van der Waals surface area contributed by atoms with E-state index < -0.39 is 0 Å². The van der Waals surface area contributed by atoms with Crippen LogP contribution in [0.2, 0.25) is 0 Å². The number of hydrogen-bond donors (Lipinski definition) is 1. The summed E-state index contributed by atoms with van der Waals surface area (Å²) in [5.41, 5.74) is 8.43. The van der Waals surface area contributed by atoms with Crippen molar-refractivity contribution in [2.45, 2.75) is 58.2 Å². The van der Waals surface area contributed by atoms with Crippen LogP contribution >= 0.6 is 15.9 Å². The molecule has 3 atom stereocenters. The Bertz CT molecular complexity index is 417. The Morgan fingerprint density at radius 3 is 2.72 bits per heavy atom. The molecular formula is C15H23BrN2. The summed E-state index contributed by atoms with van der Waals surface area (Å²) < 4.78 is 1.17. The van der Waals surface area contributed by atoms with E-state index in [1.807, 2.05) is 6.92 Å². The third kappa shape index (κ3) is 2.57. The summed E-state index contributed by atoms with van der Waals surface area (Å²) in [4.78, 5) is 2.56. The fourth-order valence-electron chi connectivity index (χ4n) is 2.92. The minimum absolute atomic E-state index is 0.0910. The Hall–Kier alpha value is -0.540. The Morgan fingerprint density at radius 1 is 1.44 bits per heavy atom. The van der Waals surface area contributed by atoms with Gasteiger partial charge >= 0.3 is 0 Å². The van der Waals surface area contributed by atoms with Crippen LogP contribution in [-0.4, -0.2) is 12.1 Å². The highest BCUT2D eigenvalue weighted by molar-refractivity contribution is 9.10. The van der Waals surface area contributed by atoms with Gasteiger partial charge in [-0.2, -0.15) is 0 Å². The highest BCUT2D eigenvalue weighted by Gasteiger charge is 2.30. The molecule has 0 radical (unpaired) electrons. The van der Waals surface area contributed by atoms with Gasteiger partial charge in [0, 0.05) is 22.6 Å². The second-order valence-corrected chi connectivity index (χ2v) is 6.25. The van der Waals surface area contributed by atoms with Gasteiger partial charge in [-0.05, 0) is 66.7 Å². The van der Waals surface area contributed by atoms with Gasteiger partial charge in [-0.1, -0.05) is 13.0 Å².